The molecule has 0 unspecified atom stereocenters. The molecule has 2 heteroatoms. The Kier molecular flexibility index (Phi) is 4.93. The van der Waals surface area contributed by atoms with Crippen LogP contribution in [-0.4, -0.2) is 23.8 Å². The van der Waals surface area contributed by atoms with Gasteiger partial charge in [0, 0.05) is 13.1 Å². The van der Waals surface area contributed by atoms with Crippen LogP contribution >= 0.6 is 0 Å². The number of hydrogen-bond donors (Lipinski definition) is 2. The predicted octanol–water partition coefficient (Wildman–Crippen LogP) is 2.17. The fraction of sp³-hybridized carbons (Fsp3) is 1.00. The number of hydrogen-bond acceptors (Lipinski definition) is 2. The van der Waals surface area contributed by atoms with Crippen molar-refractivity contribution in [1.82, 2.24) is 5.32 Å². The van der Waals surface area contributed by atoms with Gasteiger partial charge < -0.3 is 10.4 Å². The smallest absolute Gasteiger partial charge is 0.0715 e. The Morgan fingerprint density at radius 2 is 1.62 bits per heavy atom. The fourth-order valence-electron chi connectivity index (χ4n) is 1.47. The van der Waals surface area contributed by atoms with Crippen LogP contribution in [0.25, 0.3) is 0 Å². The van der Waals surface area contributed by atoms with E-state index in [-0.39, 0.29) is 0 Å². The Morgan fingerprint density at radius 3 is 2.00 bits per heavy atom. The number of rotatable bonds is 6. The number of nitrogens with one attached hydrogen (secondary N) is 1. The molecule has 0 bridgehead atoms. The zero-order valence-electron chi connectivity index (χ0n) is 9.78. The molecule has 0 fully saturated rings. The third kappa shape index (κ3) is 8.26. The molecule has 13 heavy (non-hydrogen) atoms. The van der Waals surface area contributed by atoms with Crippen LogP contribution in [0.2, 0.25) is 0 Å². The molecule has 0 heterocycles. The topological polar surface area (TPSA) is 32.3 Å². The Bertz CT molecular complexity index is 136. The molecule has 0 radical (unpaired) electrons. The van der Waals surface area contributed by atoms with E-state index in [0.717, 1.165) is 6.54 Å². The van der Waals surface area contributed by atoms with Gasteiger partial charge in [-0.3, -0.25) is 0 Å². The summed E-state index contributed by atoms with van der Waals surface area (Å²) in [5, 5.41) is 12.8. The average Bonchev–Trinajstić information content (AvgIpc) is 1.82. The SMILES string of the molecule is CCCC(C)(C)CNCC(C)(C)O. The van der Waals surface area contributed by atoms with E-state index in [4.69, 9.17) is 0 Å². The second kappa shape index (κ2) is 4.97. The average molecular weight is 187 g/mol. The molecule has 80 valence electrons. The second-order valence-electron chi connectivity index (χ2n) is 5.33. The van der Waals surface area contributed by atoms with E-state index in [1.165, 1.54) is 12.8 Å². The van der Waals surface area contributed by atoms with Crippen LogP contribution in [0.1, 0.15) is 47.5 Å². The quantitative estimate of drug-likeness (QED) is 0.668. The Morgan fingerprint density at radius 1 is 1.08 bits per heavy atom. The molecule has 0 spiro atoms. The predicted molar refractivity (Wildman–Crippen MR) is 57.9 cm³/mol. The lowest BCUT2D eigenvalue weighted by Gasteiger charge is -2.26. The van der Waals surface area contributed by atoms with Crippen LogP contribution in [0.5, 0.6) is 0 Å². The standard InChI is InChI=1S/C11H25NO/c1-6-7-10(2,3)8-12-9-11(4,5)13/h12-13H,6-9H2,1-5H3. The lowest BCUT2D eigenvalue weighted by molar-refractivity contribution is 0.0765. The molecule has 0 amide bonds. The highest BCUT2D eigenvalue weighted by molar-refractivity contribution is 4.74. The van der Waals surface area contributed by atoms with Crippen molar-refractivity contribution >= 4 is 0 Å². The van der Waals surface area contributed by atoms with Crippen molar-refractivity contribution in [2.24, 2.45) is 5.41 Å². The van der Waals surface area contributed by atoms with Gasteiger partial charge in [-0.25, -0.2) is 0 Å². The highest BCUT2D eigenvalue weighted by Crippen LogP contribution is 2.20. The lowest BCUT2D eigenvalue weighted by Crippen LogP contribution is -2.39. The highest BCUT2D eigenvalue weighted by atomic mass is 16.3. The summed E-state index contributed by atoms with van der Waals surface area (Å²) in [6.45, 7) is 12.0. The zero-order chi connectivity index (χ0) is 10.5. The molecule has 0 aromatic carbocycles. The summed E-state index contributed by atoms with van der Waals surface area (Å²) in [7, 11) is 0. The first-order valence-electron chi connectivity index (χ1n) is 5.20. The van der Waals surface area contributed by atoms with Gasteiger partial charge >= 0.3 is 0 Å². The molecule has 0 aliphatic rings. The summed E-state index contributed by atoms with van der Waals surface area (Å²) < 4.78 is 0. The summed E-state index contributed by atoms with van der Waals surface area (Å²) in [4.78, 5) is 0. The first-order chi connectivity index (χ1) is 5.77. The first kappa shape index (κ1) is 12.9. The molecule has 0 rings (SSSR count). The monoisotopic (exact) mass is 187 g/mol. The van der Waals surface area contributed by atoms with E-state index < -0.39 is 5.60 Å². The molecular weight excluding hydrogens is 162 g/mol. The van der Waals surface area contributed by atoms with Crippen LogP contribution in [0, 0.1) is 5.41 Å². The second-order valence-corrected chi connectivity index (χ2v) is 5.33. The van der Waals surface area contributed by atoms with Gasteiger partial charge in [0.15, 0.2) is 0 Å². The maximum absolute atomic E-state index is 9.48. The van der Waals surface area contributed by atoms with Gasteiger partial charge in [-0.15, -0.1) is 0 Å². The largest absolute Gasteiger partial charge is 0.389 e. The van der Waals surface area contributed by atoms with Crippen LogP contribution in [0.15, 0.2) is 0 Å². The molecule has 0 aliphatic carbocycles. The molecule has 0 aromatic rings. The van der Waals surface area contributed by atoms with Gasteiger partial charge in [-0.05, 0) is 25.7 Å². The third-order valence-electron chi connectivity index (χ3n) is 2.09. The molecule has 0 atom stereocenters. The summed E-state index contributed by atoms with van der Waals surface area (Å²) in [6, 6.07) is 0. The van der Waals surface area contributed by atoms with Crippen molar-refractivity contribution in [3.05, 3.63) is 0 Å². The summed E-state index contributed by atoms with van der Waals surface area (Å²) >= 11 is 0. The normalized spacial score (nSPS) is 13.4. The Labute approximate surface area is 82.7 Å². The minimum absolute atomic E-state index is 0.347. The van der Waals surface area contributed by atoms with Crippen molar-refractivity contribution in [3.63, 3.8) is 0 Å². The number of aliphatic hydroxyl groups is 1. The minimum atomic E-state index is -0.595. The molecule has 0 aliphatic heterocycles. The van der Waals surface area contributed by atoms with Gasteiger partial charge in [-0.2, -0.15) is 0 Å². The Balaban J connectivity index is 3.63. The van der Waals surface area contributed by atoms with Crippen LogP contribution < -0.4 is 5.32 Å². The van der Waals surface area contributed by atoms with Crippen molar-refractivity contribution in [2.45, 2.75) is 53.1 Å². The van der Waals surface area contributed by atoms with E-state index in [0.29, 0.717) is 12.0 Å². The van der Waals surface area contributed by atoms with E-state index in [2.05, 4.69) is 26.1 Å². The van der Waals surface area contributed by atoms with Crippen molar-refractivity contribution in [3.8, 4) is 0 Å². The first-order valence-corrected chi connectivity index (χ1v) is 5.20. The fourth-order valence-corrected chi connectivity index (χ4v) is 1.47. The minimum Gasteiger partial charge on any atom is -0.389 e. The van der Waals surface area contributed by atoms with Gasteiger partial charge in [0.25, 0.3) is 0 Å². The van der Waals surface area contributed by atoms with E-state index in [9.17, 15) is 5.11 Å². The van der Waals surface area contributed by atoms with Crippen LogP contribution in [0.4, 0.5) is 0 Å². The van der Waals surface area contributed by atoms with Crippen LogP contribution in [-0.2, 0) is 0 Å². The van der Waals surface area contributed by atoms with E-state index >= 15 is 0 Å². The zero-order valence-corrected chi connectivity index (χ0v) is 9.78. The molecule has 0 saturated carbocycles. The van der Waals surface area contributed by atoms with Gasteiger partial charge in [-0.1, -0.05) is 27.2 Å². The molecule has 0 saturated heterocycles. The van der Waals surface area contributed by atoms with E-state index in [1.807, 2.05) is 13.8 Å². The van der Waals surface area contributed by atoms with Crippen molar-refractivity contribution < 1.29 is 5.11 Å². The summed E-state index contributed by atoms with van der Waals surface area (Å²) in [5.41, 5.74) is -0.248. The van der Waals surface area contributed by atoms with Gasteiger partial charge in [0.1, 0.15) is 0 Å². The Hall–Kier alpha value is -0.0800. The van der Waals surface area contributed by atoms with Crippen LogP contribution in [0.3, 0.4) is 0 Å². The lowest BCUT2D eigenvalue weighted by atomic mass is 9.88. The van der Waals surface area contributed by atoms with Gasteiger partial charge in [0.2, 0.25) is 0 Å². The maximum atomic E-state index is 9.48. The molecule has 0 aromatic heterocycles. The third-order valence-corrected chi connectivity index (χ3v) is 2.09. The summed E-state index contributed by atoms with van der Waals surface area (Å²) in [6.07, 6.45) is 2.45. The highest BCUT2D eigenvalue weighted by Gasteiger charge is 2.18. The molecule has 2 nitrogen and oxygen atoms in total. The van der Waals surface area contributed by atoms with Crippen molar-refractivity contribution in [2.75, 3.05) is 13.1 Å². The summed E-state index contributed by atoms with van der Waals surface area (Å²) in [5.74, 6) is 0. The van der Waals surface area contributed by atoms with E-state index in [1.54, 1.807) is 0 Å². The molecular formula is C11H25NO. The van der Waals surface area contributed by atoms with Crippen molar-refractivity contribution in [1.29, 1.82) is 0 Å². The maximum Gasteiger partial charge on any atom is 0.0715 e. The molecule has 2 N–H and O–H groups in total. The van der Waals surface area contributed by atoms with Gasteiger partial charge in [0.05, 0.1) is 5.60 Å².